The number of hydrogen-bond acceptors (Lipinski definition) is 3. The molecule has 0 aliphatic rings. The lowest BCUT2D eigenvalue weighted by molar-refractivity contribution is 0.254. The van der Waals surface area contributed by atoms with Crippen LogP contribution in [0.15, 0.2) is 6.20 Å². The second kappa shape index (κ2) is 4.81. The summed E-state index contributed by atoms with van der Waals surface area (Å²) in [5, 5.41) is 13.5. The number of rotatable bonds is 4. The number of aryl methyl sites for hydroxylation is 2. The van der Waals surface area contributed by atoms with E-state index in [1.807, 2.05) is 20.2 Å². The van der Waals surface area contributed by atoms with Gasteiger partial charge in [-0.2, -0.15) is 10.4 Å². The van der Waals surface area contributed by atoms with Gasteiger partial charge in [-0.15, -0.1) is 0 Å². The average Bonchev–Trinajstić information content (AvgIpc) is 2.54. The maximum Gasteiger partial charge on any atom is 0.186 e. The molecule has 0 spiro atoms. The van der Waals surface area contributed by atoms with Crippen LogP contribution in [0.3, 0.4) is 0 Å². The highest BCUT2D eigenvalue weighted by Gasteiger charge is 2.25. The number of nitrogens with zero attached hydrogens (tertiary/aromatic N) is 3. The molecule has 0 amide bonds. The van der Waals surface area contributed by atoms with E-state index in [0.29, 0.717) is 0 Å². The smallest absolute Gasteiger partial charge is 0.186 e. The summed E-state index contributed by atoms with van der Waals surface area (Å²) in [4.78, 5) is 0. The minimum atomic E-state index is -1.71. The third-order valence-corrected chi connectivity index (χ3v) is 3.09. The summed E-state index contributed by atoms with van der Waals surface area (Å²) < 4.78 is 7.60. The highest BCUT2D eigenvalue weighted by molar-refractivity contribution is 6.69. The van der Waals surface area contributed by atoms with Crippen LogP contribution in [0.25, 0.3) is 0 Å². The predicted octanol–water partition coefficient (Wildman–Crippen LogP) is 2.40. The zero-order chi connectivity index (χ0) is 12.3. The molecule has 4 nitrogen and oxygen atoms in total. The van der Waals surface area contributed by atoms with Gasteiger partial charge >= 0.3 is 0 Å². The van der Waals surface area contributed by atoms with Crippen molar-refractivity contribution in [2.45, 2.75) is 39.1 Å². The highest BCUT2D eigenvalue weighted by atomic mass is 28.4. The molecule has 0 aliphatic heterocycles. The molecule has 1 rings (SSSR count). The molecule has 0 aliphatic carbocycles. The normalized spacial score (nSPS) is 13.5. The summed E-state index contributed by atoms with van der Waals surface area (Å²) in [6.07, 6.45) is 2.23. The monoisotopic (exact) mass is 237 g/mol. The van der Waals surface area contributed by atoms with E-state index in [0.717, 1.165) is 17.7 Å². The summed E-state index contributed by atoms with van der Waals surface area (Å²) in [5.41, 5.74) is 1.86. The molecule has 1 unspecified atom stereocenters. The van der Waals surface area contributed by atoms with Crippen molar-refractivity contribution in [1.29, 1.82) is 5.26 Å². The second-order valence-corrected chi connectivity index (χ2v) is 9.26. The summed E-state index contributed by atoms with van der Waals surface area (Å²) in [7, 11) is 0.157. The summed E-state index contributed by atoms with van der Waals surface area (Å²) in [6, 6.07) is 2.22. The Labute approximate surface area is 98.0 Å². The molecule has 1 aromatic rings. The zero-order valence-corrected chi connectivity index (χ0v) is 11.6. The van der Waals surface area contributed by atoms with E-state index in [4.69, 9.17) is 4.43 Å². The van der Waals surface area contributed by atoms with Crippen molar-refractivity contribution in [3.63, 3.8) is 0 Å². The minimum absolute atomic E-state index is 0.477. The van der Waals surface area contributed by atoms with Gasteiger partial charge in [0.1, 0.15) is 0 Å². The molecule has 1 atom stereocenters. The van der Waals surface area contributed by atoms with Gasteiger partial charge in [0.05, 0.1) is 11.8 Å². The van der Waals surface area contributed by atoms with Crippen molar-refractivity contribution in [2.24, 2.45) is 7.05 Å². The van der Waals surface area contributed by atoms with E-state index in [9.17, 15) is 5.26 Å². The first-order valence-corrected chi connectivity index (χ1v) is 8.88. The van der Waals surface area contributed by atoms with Crippen molar-refractivity contribution in [3.8, 4) is 6.07 Å². The van der Waals surface area contributed by atoms with Gasteiger partial charge in [-0.05, 0) is 26.1 Å². The van der Waals surface area contributed by atoms with Crippen LogP contribution in [0.5, 0.6) is 0 Å². The summed E-state index contributed by atoms with van der Waals surface area (Å²) in [6.45, 7) is 8.28. The molecule has 16 heavy (non-hydrogen) atoms. The minimum Gasteiger partial charge on any atom is -0.399 e. The Hall–Kier alpha value is -1.12. The Balaban J connectivity index is 3.00. The molecule has 0 radical (unpaired) electrons. The number of nitriles is 1. The topological polar surface area (TPSA) is 50.8 Å². The lowest BCUT2D eigenvalue weighted by Crippen LogP contribution is -2.27. The number of hydrogen-bond donors (Lipinski definition) is 0. The Bertz CT molecular complexity index is 400. The molecule has 0 saturated heterocycles. The van der Waals surface area contributed by atoms with Gasteiger partial charge in [0.2, 0.25) is 0 Å². The number of aromatic nitrogens is 2. The standard InChI is InChI=1S/C11H19N3OSi/c1-6-10-9(8-14(2)13-10)11(7-12)15-16(3,4)5/h8,11H,6H2,1-5H3. The van der Waals surface area contributed by atoms with E-state index < -0.39 is 14.4 Å². The highest BCUT2D eigenvalue weighted by Crippen LogP contribution is 2.24. The van der Waals surface area contributed by atoms with Crippen LogP contribution in [0.1, 0.15) is 24.3 Å². The van der Waals surface area contributed by atoms with Crippen LogP contribution in [-0.2, 0) is 17.9 Å². The van der Waals surface area contributed by atoms with Crippen molar-refractivity contribution in [1.82, 2.24) is 9.78 Å². The first kappa shape index (κ1) is 12.9. The van der Waals surface area contributed by atoms with Crippen LogP contribution in [-0.4, -0.2) is 18.1 Å². The quantitative estimate of drug-likeness (QED) is 0.756. The van der Waals surface area contributed by atoms with Crippen LogP contribution < -0.4 is 0 Å². The van der Waals surface area contributed by atoms with Crippen molar-refractivity contribution >= 4 is 8.32 Å². The van der Waals surface area contributed by atoms with Crippen LogP contribution in [0, 0.1) is 11.3 Å². The van der Waals surface area contributed by atoms with Crippen LogP contribution in [0.4, 0.5) is 0 Å². The fraction of sp³-hybridized carbons (Fsp3) is 0.636. The molecule has 5 heteroatoms. The average molecular weight is 237 g/mol. The molecule has 0 saturated carbocycles. The molecule has 1 aromatic heterocycles. The third kappa shape index (κ3) is 3.19. The Morgan fingerprint density at radius 2 is 2.19 bits per heavy atom. The summed E-state index contributed by atoms with van der Waals surface area (Å²) >= 11 is 0. The molecular formula is C11H19N3OSi. The predicted molar refractivity (Wildman–Crippen MR) is 65.4 cm³/mol. The van der Waals surface area contributed by atoms with Crippen molar-refractivity contribution < 1.29 is 4.43 Å². The van der Waals surface area contributed by atoms with Gasteiger partial charge in [0, 0.05) is 18.8 Å². The van der Waals surface area contributed by atoms with Crippen molar-refractivity contribution in [2.75, 3.05) is 0 Å². The van der Waals surface area contributed by atoms with Crippen LogP contribution in [0.2, 0.25) is 19.6 Å². The van der Waals surface area contributed by atoms with Crippen molar-refractivity contribution in [3.05, 3.63) is 17.5 Å². The van der Waals surface area contributed by atoms with E-state index in [1.165, 1.54) is 0 Å². The zero-order valence-electron chi connectivity index (χ0n) is 10.6. The lowest BCUT2D eigenvalue weighted by atomic mass is 10.1. The fourth-order valence-corrected chi connectivity index (χ4v) is 2.45. The molecule has 0 bridgehead atoms. The van der Waals surface area contributed by atoms with Gasteiger partial charge in [-0.3, -0.25) is 4.68 Å². The Morgan fingerprint density at radius 3 is 2.62 bits per heavy atom. The fourth-order valence-electron chi connectivity index (χ4n) is 1.56. The van der Waals surface area contributed by atoms with Gasteiger partial charge in [-0.25, -0.2) is 0 Å². The van der Waals surface area contributed by atoms with Crippen LogP contribution >= 0.6 is 0 Å². The molecule has 0 fully saturated rings. The molecule has 88 valence electrons. The molecule has 0 N–H and O–H groups in total. The molecular weight excluding hydrogens is 218 g/mol. The second-order valence-electron chi connectivity index (χ2n) is 4.80. The Morgan fingerprint density at radius 1 is 1.56 bits per heavy atom. The van der Waals surface area contributed by atoms with E-state index in [2.05, 4.69) is 30.8 Å². The molecule has 0 aromatic carbocycles. The molecule has 1 heterocycles. The van der Waals surface area contributed by atoms with Gasteiger partial charge < -0.3 is 4.43 Å². The Kier molecular flexibility index (Phi) is 3.89. The maximum absolute atomic E-state index is 9.18. The maximum atomic E-state index is 9.18. The van der Waals surface area contributed by atoms with Gasteiger partial charge in [0.25, 0.3) is 0 Å². The van der Waals surface area contributed by atoms with Gasteiger partial charge in [0.15, 0.2) is 14.4 Å². The third-order valence-electron chi connectivity index (χ3n) is 2.14. The van der Waals surface area contributed by atoms with E-state index >= 15 is 0 Å². The van der Waals surface area contributed by atoms with Gasteiger partial charge in [-0.1, -0.05) is 6.92 Å². The first-order valence-electron chi connectivity index (χ1n) is 5.47. The summed E-state index contributed by atoms with van der Waals surface area (Å²) in [5.74, 6) is 0. The van der Waals surface area contributed by atoms with E-state index in [1.54, 1.807) is 4.68 Å². The van der Waals surface area contributed by atoms with E-state index in [-0.39, 0.29) is 0 Å². The first-order chi connectivity index (χ1) is 7.37. The SMILES string of the molecule is CCc1nn(C)cc1C(C#N)O[Si](C)(C)C. The lowest BCUT2D eigenvalue weighted by Gasteiger charge is -2.21. The largest absolute Gasteiger partial charge is 0.399 e.